The lowest BCUT2D eigenvalue weighted by atomic mass is 10.1. The van der Waals surface area contributed by atoms with Crippen molar-refractivity contribution in [3.63, 3.8) is 0 Å². The smallest absolute Gasteiger partial charge is 0.419 e. The van der Waals surface area contributed by atoms with Gasteiger partial charge in [-0.05, 0) is 61.3 Å². The van der Waals surface area contributed by atoms with Gasteiger partial charge in [0.25, 0.3) is 0 Å². The lowest BCUT2D eigenvalue weighted by molar-refractivity contribution is 0.0540. The van der Waals surface area contributed by atoms with Crippen LogP contribution in [0.3, 0.4) is 0 Å². The minimum Gasteiger partial charge on any atom is -0.443 e. The molecule has 3 nitrogen and oxygen atoms in total. The molecule has 5 heteroatoms. The van der Waals surface area contributed by atoms with E-state index in [-0.39, 0.29) is 5.82 Å². The number of carbonyl (C=O) groups is 1. The van der Waals surface area contributed by atoms with E-state index in [1.54, 1.807) is 52.1 Å². The van der Waals surface area contributed by atoms with Crippen LogP contribution < -0.4 is 0 Å². The molecule has 0 atom stereocenters. The molecule has 0 aliphatic carbocycles. The monoisotopic (exact) mass is 353 g/mol. The summed E-state index contributed by atoms with van der Waals surface area (Å²) in [6, 6.07) is 6.57. The molecule has 21 heavy (non-hydrogen) atoms. The van der Waals surface area contributed by atoms with Crippen LogP contribution in [-0.4, -0.2) is 16.3 Å². The van der Waals surface area contributed by atoms with Crippen LogP contribution in [0.5, 0.6) is 0 Å². The summed E-state index contributed by atoms with van der Waals surface area (Å²) in [5.41, 5.74) is 1.15. The summed E-state index contributed by atoms with van der Waals surface area (Å²) in [7, 11) is 0. The van der Waals surface area contributed by atoms with Crippen LogP contribution in [0.25, 0.3) is 11.3 Å². The summed E-state index contributed by atoms with van der Waals surface area (Å²) in [6.45, 7) is 7.09. The molecule has 2 rings (SSSR count). The van der Waals surface area contributed by atoms with Gasteiger partial charge in [0.1, 0.15) is 11.4 Å². The van der Waals surface area contributed by atoms with Crippen molar-refractivity contribution in [3.8, 4) is 11.3 Å². The molecule has 1 aromatic carbocycles. The molecule has 2 aromatic rings. The number of nitrogens with zero attached hydrogens (tertiary/aromatic N) is 1. The third-order valence-electron chi connectivity index (χ3n) is 2.92. The van der Waals surface area contributed by atoms with E-state index in [9.17, 15) is 9.18 Å². The molecule has 0 N–H and O–H groups in total. The highest BCUT2D eigenvalue weighted by atomic mass is 79.9. The average Bonchev–Trinajstić information content (AvgIpc) is 2.73. The molecular formula is C16H17BrFNO2. The molecule has 1 aromatic heterocycles. The maximum absolute atomic E-state index is 13.7. The van der Waals surface area contributed by atoms with Crippen LogP contribution in [-0.2, 0) is 4.74 Å². The summed E-state index contributed by atoms with van der Waals surface area (Å²) < 4.78 is 21.2. The molecule has 0 aliphatic rings. The Kier molecular flexibility index (Phi) is 4.23. The maximum Gasteiger partial charge on any atom is 0.419 e. The van der Waals surface area contributed by atoms with Crippen LogP contribution in [0.15, 0.2) is 34.9 Å². The molecule has 0 saturated carbocycles. The van der Waals surface area contributed by atoms with Crippen molar-refractivity contribution in [2.75, 3.05) is 0 Å². The van der Waals surface area contributed by atoms with Crippen molar-refractivity contribution in [2.45, 2.75) is 33.3 Å². The predicted molar refractivity (Wildman–Crippen MR) is 83.9 cm³/mol. The Morgan fingerprint density at radius 2 is 2.00 bits per heavy atom. The fourth-order valence-corrected chi connectivity index (χ4v) is 2.41. The Hall–Kier alpha value is -1.62. The van der Waals surface area contributed by atoms with E-state index in [2.05, 4.69) is 15.9 Å². The highest BCUT2D eigenvalue weighted by molar-refractivity contribution is 9.10. The first kappa shape index (κ1) is 15.8. The van der Waals surface area contributed by atoms with Gasteiger partial charge in [-0.2, -0.15) is 0 Å². The first-order valence-corrected chi connectivity index (χ1v) is 7.35. The van der Waals surface area contributed by atoms with Gasteiger partial charge in [-0.15, -0.1) is 0 Å². The first-order chi connectivity index (χ1) is 9.69. The second-order valence-corrected chi connectivity index (χ2v) is 6.72. The second kappa shape index (κ2) is 5.64. The maximum atomic E-state index is 13.7. The molecule has 112 valence electrons. The topological polar surface area (TPSA) is 31.2 Å². The molecule has 0 fully saturated rings. The third kappa shape index (κ3) is 3.53. The van der Waals surface area contributed by atoms with E-state index >= 15 is 0 Å². The van der Waals surface area contributed by atoms with Crippen molar-refractivity contribution >= 4 is 22.0 Å². The Bertz CT molecular complexity index is 686. The minimum atomic E-state index is -0.595. The largest absolute Gasteiger partial charge is 0.443 e. The molecule has 0 amide bonds. The summed E-state index contributed by atoms with van der Waals surface area (Å²) >= 11 is 3.35. The number of benzene rings is 1. The third-order valence-corrected chi connectivity index (χ3v) is 3.35. The predicted octanol–water partition coefficient (Wildman–Crippen LogP) is 5.15. The number of hydrogen-bond acceptors (Lipinski definition) is 2. The Morgan fingerprint density at radius 3 is 2.62 bits per heavy atom. The Labute approximate surface area is 131 Å². The number of ether oxygens (including phenoxy) is 1. The van der Waals surface area contributed by atoms with Crippen LogP contribution in [0.2, 0.25) is 0 Å². The number of halogens is 2. The fourth-order valence-electron chi connectivity index (χ4n) is 1.98. The Balaban J connectivity index is 2.51. The van der Waals surface area contributed by atoms with Crippen molar-refractivity contribution in [1.82, 2.24) is 4.57 Å². The molecule has 0 radical (unpaired) electrons. The van der Waals surface area contributed by atoms with Gasteiger partial charge in [-0.25, -0.2) is 9.18 Å². The molecular weight excluding hydrogens is 337 g/mol. The number of hydrogen-bond donors (Lipinski definition) is 0. The van der Waals surface area contributed by atoms with E-state index in [1.165, 1.54) is 10.6 Å². The summed E-state index contributed by atoms with van der Waals surface area (Å²) in [4.78, 5) is 12.3. The summed E-state index contributed by atoms with van der Waals surface area (Å²) in [5, 5.41) is 0. The minimum absolute atomic E-state index is 0.305. The van der Waals surface area contributed by atoms with Gasteiger partial charge < -0.3 is 4.74 Å². The van der Waals surface area contributed by atoms with Gasteiger partial charge in [0.2, 0.25) is 0 Å². The van der Waals surface area contributed by atoms with Gasteiger partial charge in [-0.3, -0.25) is 4.57 Å². The molecule has 0 bridgehead atoms. The number of rotatable bonds is 1. The van der Waals surface area contributed by atoms with E-state index in [1.807, 2.05) is 0 Å². The lowest BCUT2D eigenvalue weighted by Crippen LogP contribution is -2.27. The molecule has 0 aliphatic heterocycles. The van der Waals surface area contributed by atoms with Crippen molar-refractivity contribution in [1.29, 1.82) is 0 Å². The van der Waals surface area contributed by atoms with E-state index in [0.717, 1.165) is 4.47 Å². The van der Waals surface area contributed by atoms with Crippen LogP contribution >= 0.6 is 15.9 Å². The zero-order chi connectivity index (χ0) is 15.8. The van der Waals surface area contributed by atoms with Crippen LogP contribution in [0.1, 0.15) is 26.3 Å². The number of carbonyl (C=O) groups excluding carboxylic acids is 1. The molecule has 0 unspecified atom stereocenters. The van der Waals surface area contributed by atoms with Crippen molar-refractivity contribution in [2.24, 2.45) is 0 Å². The number of aromatic nitrogens is 1. The van der Waals surface area contributed by atoms with E-state index < -0.39 is 11.7 Å². The highest BCUT2D eigenvalue weighted by Gasteiger charge is 2.21. The summed E-state index contributed by atoms with van der Waals surface area (Å²) in [5.74, 6) is -0.305. The van der Waals surface area contributed by atoms with Gasteiger partial charge in [0.15, 0.2) is 0 Å². The zero-order valence-electron chi connectivity index (χ0n) is 12.4. The Morgan fingerprint density at radius 1 is 1.33 bits per heavy atom. The first-order valence-electron chi connectivity index (χ1n) is 6.56. The van der Waals surface area contributed by atoms with Crippen LogP contribution in [0, 0.1) is 12.7 Å². The van der Waals surface area contributed by atoms with E-state index in [4.69, 9.17) is 4.74 Å². The average molecular weight is 354 g/mol. The molecule has 1 heterocycles. The van der Waals surface area contributed by atoms with Gasteiger partial charge in [-0.1, -0.05) is 12.1 Å². The fraction of sp³-hybridized carbons (Fsp3) is 0.312. The quantitative estimate of drug-likeness (QED) is 0.709. The SMILES string of the molecule is Cc1c(F)cccc1-c1cc(Br)cn1C(=O)OC(C)(C)C. The van der Waals surface area contributed by atoms with Crippen LogP contribution in [0.4, 0.5) is 9.18 Å². The summed E-state index contributed by atoms with van der Waals surface area (Å²) in [6.07, 6.45) is 1.13. The zero-order valence-corrected chi connectivity index (χ0v) is 14.0. The lowest BCUT2D eigenvalue weighted by Gasteiger charge is -2.20. The second-order valence-electron chi connectivity index (χ2n) is 5.81. The normalized spacial score (nSPS) is 11.5. The van der Waals surface area contributed by atoms with Crippen molar-refractivity contribution < 1.29 is 13.9 Å². The van der Waals surface area contributed by atoms with Gasteiger partial charge in [0.05, 0.1) is 5.69 Å². The molecule has 0 saturated heterocycles. The van der Waals surface area contributed by atoms with Gasteiger partial charge >= 0.3 is 6.09 Å². The standard InChI is InChI=1S/C16H17BrFNO2/c1-10-12(6-5-7-13(10)18)14-8-11(17)9-19(14)15(20)21-16(2,3)4/h5-9H,1-4H3. The van der Waals surface area contributed by atoms with Gasteiger partial charge in [0, 0.05) is 16.2 Å². The molecule has 0 spiro atoms. The highest BCUT2D eigenvalue weighted by Crippen LogP contribution is 2.29. The van der Waals surface area contributed by atoms with Crippen molar-refractivity contribution in [3.05, 3.63) is 46.3 Å². The van der Waals surface area contributed by atoms with E-state index in [0.29, 0.717) is 16.8 Å².